The molecule has 1 atom stereocenters. The smallest absolute Gasteiger partial charge is 0.270 e. The first-order chi connectivity index (χ1) is 10.2. The summed E-state index contributed by atoms with van der Waals surface area (Å²) in [4.78, 5) is 21.6. The van der Waals surface area contributed by atoms with Crippen LogP contribution in [0.3, 0.4) is 0 Å². The Hall–Kier alpha value is -2.95. The predicted molar refractivity (Wildman–Crippen MR) is 76.9 cm³/mol. The fourth-order valence-corrected chi connectivity index (χ4v) is 2.30. The van der Waals surface area contributed by atoms with E-state index in [-0.39, 0.29) is 5.69 Å². The SMILES string of the molecule is O=CC1=Cc2cc([N+](=O)[O-])ccc2O[C@@H]1c1ccccc1. The second-order valence-corrected chi connectivity index (χ2v) is 4.65. The molecule has 21 heavy (non-hydrogen) atoms. The normalized spacial score (nSPS) is 16.4. The molecule has 0 aliphatic carbocycles. The molecule has 0 saturated heterocycles. The zero-order chi connectivity index (χ0) is 14.8. The van der Waals surface area contributed by atoms with Gasteiger partial charge in [0.2, 0.25) is 0 Å². The van der Waals surface area contributed by atoms with E-state index in [0.29, 0.717) is 16.9 Å². The predicted octanol–water partition coefficient (Wildman–Crippen LogP) is 3.31. The van der Waals surface area contributed by atoms with Crippen LogP contribution >= 0.6 is 0 Å². The number of carbonyl (C=O) groups is 1. The molecule has 0 aromatic heterocycles. The van der Waals surface area contributed by atoms with Crippen molar-refractivity contribution in [2.75, 3.05) is 0 Å². The van der Waals surface area contributed by atoms with Gasteiger partial charge in [0.05, 0.1) is 4.92 Å². The summed E-state index contributed by atoms with van der Waals surface area (Å²) in [5, 5.41) is 10.8. The lowest BCUT2D eigenvalue weighted by Gasteiger charge is -2.25. The van der Waals surface area contributed by atoms with Gasteiger partial charge in [0, 0.05) is 23.3 Å². The molecule has 104 valence electrons. The third-order valence-electron chi connectivity index (χ3n) is 3.31. The average molecular weight is 281 g/mol. The van der Waals surface area contributed by atoms with Crippen molar-refractivity contribution >= 4 is 18.0 Å². The van der Waals surface area contributed by atoms with Crippen LogP contribution in [0.2, 0.25) is 0 Å². The molecule has 3 rings (SSSR count). The van der Waals surface area contributed by atoms with Crippen LogP contribution in [0, 0.1) is 10.1 Å². The zero-order valence-electron chi connectivity index (χ0n) is 10.9. The first-order valence-corrected chi connectivity index (χ1v) is 6.36. The Morgan fingerprint density at radius 3 is 2.57 bits per heavy atom. The Kier molecular flexibility index (Phi) is 3.23. The van der Waals surface area contributed by atoms with Gasteiger partial charge in [-0.1, -0.05) is 30.3 Å². The Labute approximate surface area is 120 Å². The van der Waals surface area contributed by atoms with Crippen molar-refractivity contribution in [1.82, 2.24) is 0 Å². The van der Waals surface area contributed by atoms with Gasteiger partial charge in [0.25, 0.3) is 5.69 Å². The van der Waals surface area contributed by atoms with Gasteiger partial charge < -0.3 is 4.74 Å². The molecule has 0 spiro atoms. The molecular weight excluding hydrogens is 270 g/mol. The van der Waals surface area contributed by atoms with Crippen molar-refractivity contribution in [3.8, 4) is 5.75 Å². The molecule has 0 N–H and O–H groups in total. The van der Waals surface area contributed by atoms with Crippen molar-refractivity contribution in [3.63, 3.8) is 0 Å². The van der Waals surface area contributed by atoms with Crippen LogP contribution in [0.5, 0.6) is 5.75 Å². The van der Waals surface area contributed by atoms with Gasteiger partial charge in [-0.25, -0.2) is 0 Å². The van der Waals surface area contributed by atoms with Gasteiger partial charge in [0.15, 0.2) is 6.10 Å². The molecule has 5 heteroatoms. The molecule has 1 aliphatic rings. The summed E-state index contributed by atoms with van der Waals surface area (Å²) < 4.78 is 5.83. The number of nitro groups is 1. The molecule has 0 bridgehead atoms. The molecule has 2 aromatic rings. The summed E-state index contributed by atoms with van der Waals surface area (Å²) in [6.45, 7) is 0. The standard InChI is InChI=1S/C16H11NO4/c18-10-13-8-12-9-14(17(19)20)6-7-15(12)21-16(13)11-4-2-1-3-5-11/h1-10,16H/t16-/m1/s1. The van der Waals surface area contributed by atoms with E-state index >= 15 is 0 Å². The Morgan fingerprint density at radius 1 is 1.14 bits per heavy atom. The maximum atomic E-state index is 11.3. The van der Waals surface area contributed by atoms with Crippen molar-refractivity contribution in [1.29, 1.82) is 0 Å². The third kappa shape index (κ3) is 2.41. The molecule has 0 fully saturated rings. The summed E-state index contributed by atoms with van der Waals surface area (Å²) in [6, 6.07) is 13.7. The lowest BCUT2D eigenvalue weighted by atomic mass is 9.97. The van der Waals surface area contributed by atoms with Crippen LogP contribution in [0.4, 0.5) is 5.69 Å². The van der Waals surface area contributed by atoms with Gasteiger partial charge in [-0.3, -0.25) is 14.9 Å². The van der Waals surface area contributed by atoms with E-state index < -0.39 is 11.0 Å². The Bertz CT molecular complexity index is 737. The van der Waals surface area contributed by atoms with Crippen molar-refractivity contribution < 1.29 is 14.5 Å². The van der Waals surface area contributed by atoms with Gasteiger partial charge in [-0.15, -0.1) is 0 Å². The number of fused-ring (bicyclic) bond motifs is 1. The quantitative estimate of drug-likeness (QED) is 0.491. The number of benzene rings is 2. The number of hydrogen-bond acceptors (Lipinski definition) is 4. The molecule has 5 nitrogen and oxygen atoms in total. The number of ether oxygens (including phenoxy) is 1. The van der Waals surface area contributed by atoms with E-state index in [4.69, 9.17) is 4.74 Å². The number of non-ortho nitro benzene ring substituents is 1. The van der Waals surface area contributed by atoms with E-state index in [1.807, 2.05) is 30.3 Å². The highest BCUT2D eigenvalue weighted by molar-refractivity contribution is 5.86. The number of rotatable bonds is 3. The second-order valence-electron chi connectivity index (χ2n) is 4.65. The maximum absolute atomic E-state index is 11.3. The van der Waals surface area contributed by atoms with Gasteiger partial charge in [-0.05, 0) is 17.7 Å². The van der Waals surface area contributed by atoms with E-state index in [1.54, 1.807) is 12.1 Å². The number of carbonyl (C=O) groups excluding carboxylic acids is 1. The minimum Gasteiger partial charge on any atom is -0.480 e. The number of nitrogens with zero attached hydrogens (tertiary/aromatic N) is 1. The molecule has 0 saturated carbocycles. The summed E-state index contributed by atoms with van der Waals surface area (Å²) in [7, 11) is 0. The van der Waals surface area contributed by atoms with Crippen LogP contribution in [0.25, 0.3) is 6.08 Å². The van der Waals surface area contributed by atoms with Gasteiger partial charge in [0.1, 0.15) is 12.0 Å². The first-order valence-electron chi connectivity index (χ1n) is 6.36. The number of hydrogen-bond donors (Lipinski definition) is 0. The molecule has 2 aromatic carbocycles. The van der Waals surface area contributed by atoms with E-state index in [0.717, 1.165) is 11.8 Å². The summed E-state index contributed by atoms with van der Waals surface area (Å²) in [6.07, 6.45) is 1.87. The third-order valence-corrected chi connectivity index (χ3v) is 3.31. The first kappa shape index (κ1) is 13.1. The second kappa shape index (κ2) is 5.20. The lowest BCUT2D eigenvalue weighted by molar-refractivity contribution is -0.384. The van der Waals surface area contributed by atoms with Crippen LogP contribution in [0.1, 0.15) is 17.2 Å². The highest BCUT2D eigenvalue weighted by Gasteiger charge is 2.25. The zero-order valence-corrected chi connectivity index (χ0v) is 10.9. The molecule has 1 aliphatic heterocycles. The fourth-order valence-electron chi connectivity index (χ4n) is 2.30. The molecule has 1 heterocycles. The van der Waals surface area contributed by atoms with E-state index in [1.165, 1.54) is 12.1 Å². The van der Waals surface area contributed by atoms with Crippen LogP contribution in [-0.4, -0.2) is 11.2 Å². The topological polar surface area (TPSA) is 69.4 Å². The monoisotopic (exact) mass is 281 g/mol. The Morgan fingerprint density at radius 2 is 1.90 bits per heavy atom. The fraction of sp³-hybridized carbons (Fsp3) is 0.0625. The molecule has 0 radical (unpaired) electrons. The van der Waals surface area contributed by atoms with Crippen molar-refractivity contribution in [2.45, 2.75) is 6.10 Å². The highest BCUT2D eigenvalue weighted by atomic mass is 16.6. The average Bonchev–Trinajstić information content (AvgIpc) is 2.53. The largest absolute Gasteiger partial charge is 0.480 e. The summed E-state index contributed by atoms with van der Waals surface area (Å²) >= 11 is 0. The van der Waals surface area contributed by atoms with Crippen LogP contribution in [0.15, 0.2) is 54.1 Å². The van der Waals surface area contributed by atoms with Gasteiger partial charge in [-0.2, -0.15) is 0 Å². The van der Waals surface area contributed by atoms with E-state index in [2.05, 4.69) is 0 Å². The number of nitro benzene ring substituents is 1. The molecule has 0 amide bonds. The minimum atomic E-state index is -0.488. The maximum Gasteiger partial charge on any atom is 0.270 e. The summed E-state index contributed by atoms with van der Waals surface area (Å²) in [5.41, 5.74) is 1.81. The van der Waals surface area contributed by atoms with Gasteiger partial charge >= 0.3 is 0 Å². The Balaban J connectivity index is 2.05. The highest BCUT2D eigenvalue weighted by Crippen LogP contribution is 2.37. The van der Waals surface area contributed by atoms with Crippen LogP contribution in [-0.2, 0) is 4.79 Å². The van der Waals surface area contributed by atoms with Crippen LogP contribution < -0.4 is 4.74 Å². The van der Waals surface area contributed by atoms with Crippen molar-refractivity contribution in [2.24, 2.45) is 0 Å². The minimum absolute atomic E-state index is 0.0305. The molecular formula is C16H11NO4. The lowest BCUT2D eigenvalue weighted by Crippen LogP contribution is -2.15. The summed E-state index contributed by atoms with van der Waals surface area (Å²) in [5.74, 6) is 0.528. The molecule has 0 unspecified atom stereocenters. The van der Waals surface area contributed by atoms with E-state index in [9.17, 15) is 14.9 Å². The van der Waals surface area contributed by atoms with Crippen molar-refractivity contribution in [3.05, 3.63) is 75.3 Å². The number of aldehydes is 1.